The summed E-state index contributed by atoms with van der Waals surface area (Å²) in [6, 6.07) is 17.8. The fraction of sp³-hybridized carbons (Fsp3) is 0.438. The number of hydrogen-bond acceptors (Lipinski definition) is 9. The summed E-state index contributed by atoms with van der Waals surface area (Å²) in [7, 11) is 0. The molecule has 0 saturated heterocycles. The first kappa shape index (κ1) is 33.8. The molecular weight excluding hydrogens is 562 g/mol. The third-order valence-electron chi connectivity index (χ3n) is 6.46. The Hall–Kier alpha value is -4.74. The average molecular weight is 606 g/mol. The Labute approximate surface area is 258 Å². The number of benzene rings is 2. The molecule has 0 saturated carbocycles. The number of aromatic nitrogens is 3. The molecule has 0 aliphatic heterocycles. The molecule has 0 radical (unpaired) electrons. The second-order valence-corrected chi connectivity index (χ2v) is 10.4. The highest BCUT2D eigenvalue weighted by molar-refractivity contribution is 5.94. The van der Waals surface area contributed by atoms with E-state index >= 15 is 0 Å². The average Bonchev–Trinajstić information content (AvgIpc) is 3.03. The van der Waals surface area contributed by atoms with E-state index in [0.29, 0.717) is 18.5 Å². The van der Waals surface area contributed by atoms with Crippen LogP contribution in [-0.4, -0.2) is 65.0 Å². The summed E-state index contributed by atoms with van der Waals surface area (Å²) < 4.78 is 11.4. The summed E-state index contributed by atoms with van der Waals surface area (Å²) in [5.41, 5.74) is 1.52. The maximum absolute atomic E-state index is 13.1. The van der Waals surface area contributed by atoms with Crippen molar-refractivity contribution in [3.8, 4) is 12.0 Å². The SMILES string of the molecule is CCCCCC(=O)NCCOc1nc(N[C@H](C(=O)NCc2ccccc2)C(C)C)nc(OCCNC(=O)c2ccccc2)n1. The molecule has 44 heavy (non-hydrogen) atoms. The lowest BCUT2D eigenvalue weighted by molar-refractivity contribution is -0.123. The van der Waals surface area contributed by atoms with Crippen LogP contribution in [-0.2, 0) is 16.1 Å². The molecule has 1 atom stereocenters. The molecule has 0 bridgehead atoms. The van der Waals surface area contributed by atoms with Crippen molar-refractivity contribution in [1.29, 1.82) is 0 Å². The van der Waals surface area contributed by atoms with Gasteiger partial charge in [0, 0.05) is 18.5 Å². The summed E-state index contributed by atoms with van der Waals surface area (Å²) in [5.74, 6) is -0.497. The normalized spacial score (nSPS) is 11.4. The maximum atomic E-state index is 13.1. The minimum Gasteiger partial charge on any atom is -0.461 e. The number of nitrogens with zero attached hydrogens (tertiary/aromatic N) is 3. The number of rotatable bonds is 19. The molecule has 3 amide bonds. The van der Waals surface area contributed by atoms with Crippen LogP contribution in [0.3, 0.4) is 0 Å². The van der Waals surface area contributed by atoms with Gasteiger partial charge in [-0.25, -0.2) is 0 Å². The Morgan fingerprint density at radius 2 is 1.39 bits per heavy atom. The largest absolute Gasteiger partial charge is 0.461 e. The maximum Gasteiger partial charge on any atom is 0.324 e. The van der Waals surface area contributed by atoms with Crippen molar-refractivity contribution in [3.05, 3.63) is 71.8 Å². The zero-order valence-electron chi connectivity index (χ0n) is 25.7. The Morgan fingerprint density at radius 1 is 0.773 bits per heavy atom. The van der Waals surface area contributed by atoms with Gasteiger partial charge < -0.3 is 30.7 Å². The number of amides is 3. The van der Waals surface area contributed by atoms with E-state index in [1.807, 2.05) is 50.2 Å². The van der Waals surface area contributed by atoms with Gasteiger partial charge in [-0.05, 0) is 30.0 Å². The van der Waals surface area contributed by atoms with Gasteiger partial charge in [-0.3, -0.25) is 14.4 Å². The molecule has 3 rings (SSSR count). The number of nitrogens with one attached hydrogen (secondary N) is 4. The summed E-state index contributed by atoms with van der Waals surface area (Å²) in [5, 5.41) is 11.6. The van der Waals surface area contributed by atoms with Crippen LogP contribution in [0, 0.1) is 5.92 Å². The van der Waals surface area contributed by atoms with E-state index in [2.05, 4.69) is 43.1 Å². The minimum atomic E-state index is -0.658. The fourth-order valence-corrected chi connectivity index (χ4v) is 4.06. The molecule has 0 aliphatic carbocycles. The quantitative estimate of drug-likeness (QED) is 0.150. The number of hydrogen-bond donors (Lipinski definition) is 4. The van der Waals surface area contributed by atoms with Gasteiger partial charge in [-0.15, -0.1) is 4.98 Å². The van der Waals surface area contributed by atoms with Gasteiger partial charge >= 0.3 is 12.0 Å². The van der Waals surface area contributed by atoms with E-state index in [0.717, 1.165) is 24.8 Å². The van der Waals surface area contributed by atoms with E-state index < -0.39 is 6.04 Å². The van der Waals surface area contributed by atoms with Gasteiger partial charge in [0.1, 0.15) is 19.3 Å². The van der Waals surface area contributed by atoms with Crippen molar-refractivity contribution in [2.75, 3.05) is 31.6 Å². The van der Waals surface area contributed by atoms with Gasteiger partial charge in [0.15, 0.2) is 0 Å². The van der Waals surface area contributed by atoms with Gasteiger partial charge in [-0.2, -0.15) is 9.97 Å². The van der Waals surface area contributed by atoms with Crippen LogP contribution in [0.15, 0.2) is 60.7 Å². The van der Waals surface area contributed by atoms with E-state index in [9.17, 15) is 14.4 Å². The zero-order valence-corrected chi connectivity index (χ0v) is 25.7. The van der Waals surface area contributed by atoms with E-state index in [1.54, 1.807) is 24.3 Å². The van der Waals surface area contributed by atoms with Crippen LogP contribution < -0.4 is 30.7 Å². The van der Waals surface area contributed by atoms with Gasteiger partial charge in [-0.1, -0.05) is 82.1 Å². The molecule has 12 heteroatoms. The Kier molecular flexibility index (Phi) is 14.4. The number of ether oxygens (including phenoxy) is 2. The van der Waals surface area contributed by atoms with Crippen molar-refractivity contribution in [3.63, 3.8) is 0 Å². The van der Waals surface area contributed by atoms with Gasteiger partial charge in [0.05, 0.1) is 13.1 Å². The predicted octanol–water partition coefficient (Wildman–Crippen LogP) is 3.51. The fourth-order valence-electron chi connectivity index (χ4n) is 4.06. The standard InChI is InChI=1S/C32H43N7O5/c1-4-5-8-17-26(40)33-18-20-43-31-37-30(36-27(23(2)3)29(42)35-22-24-13-9-6-10-14-24)38-32(39-31)44-21-19-34-28(41)25-15-11-7-12-16-25/h6-7,9-16,23,27H,4-5,8,17-22H2,1-3H3,(H,33,40)(H,34,41)(H,35,42)(H,36,37,38,39)/t27-/m0/s1. The first-order chi connectivity index (χ1) is 21.4. The summed E-state index contributed by atoms with van der Waals surface area (Å²) in [4.78, 5) is 50.3. The molecule has 3 aromatic rings. The van der Waals surface area contributed by atoms with Crippen LogP contribution >= 0.6 is 0 Å². The molecule has 0 fully saturated rings. The third kappa shape index (κ3) is 12.2. The Morgan fingerprint density at radius 3 is 2.00 bits per heavy atom. The van der Waals surface area contributed by atoms with Crippen LogP contribution in [0.25, 0.3) is 0 Å². The summed E-state index contributed by atoms with van der Waals surface area (Å²) in [6.45, 7) is 6.98. The van der Waals surface area contributed by atoms with Crippen LogP contribution in [0.4, 0.5) is 5.95 Å². The Bertz CT molecular complexity index is 1310. The zero-order chi connectivity index (χ0) is 31.6. The van der Waals surface area contributed by atoms with Crippen LogP contribution in [0.5, 0.6) is 12.0 Å². The van der Waals surface area contributed by atoms with Crippen LogP contribution in [0.1, 0.15) is 62.4 Å². The summed E-state index contributed by atoms with van der Waals surface area (Å²) in [6.07, 6.45) is 3.36. The van der Waals surface area contributed by atoms with Crippen molar-refractivity contribution < 1.29 is 23.9 Å². The molecule has 236 valence electrons. The molecule has 0 spiro atoms. The lowest BCUT2D eigenvalue weighted by Gasteiger charge is -2.22. The minimum absolute atomic E-state index is 0.0294. The summed E-state index contributed by atoms with van der Waals surface area (Å²) >= 11 is 0. The molecule has 1 heterocycles. The number of carbonyl (C=O) groups excluding carboxylic acids is 3. The number of anilines is 1. The van der Waals surface area contributed by atoms with E-state index in [1.165, 1.54) is 0 Å². The number of unbranched alkanes of at least 4 members (excludes halogenated alkanes) is 2. The first-order valence-corrected chi connectivity index (χ1v) is 15.1. The Balaban J connectivity index is 1.63. The molecule has 1 aromatic heterocycles. The highest BCUT2D eigenvalue weighted by atomic mass is 16.5. The lowest BCUT2D eigenvalue weighted by atomic mass is 10.0. The second kappa shape index (κ2) is 18.7. The monoisotopic (exact) mass is 605 g/mol. The van der Waals surface area contributed by atoms with Crippen molar-refractivity contribution in [1.82, 2.24) is 30.9 Å². The van der Waals surface area contributed by atoms with Gasteiger partial charge in [0.2, 0.25) is 17.8 Å². The first-order valence-electron chi connectivity index (χ1n) is 15.1. The van der Waals surface area contributed by atoms with Gasteiger partial charge in [0.25, 0.3) is 5.91 Å². The molecule has 12 nitrogen and oxygen atoms in total. The lowest BCUT2D eigenvalue weighted by Crippen LogP contribution is -2.43. The highest BCUT2D eigenvalue weighted by Gasteiger charge is 2.24. The molecule has 0 aliphatic rings. The van der Waals surface area contributed by atoms with Crippen molar-refractivity contribution >= 4 is 23.7 Å². The van der Waals surface area contributed by atoms with Crippen molar-refractivity contribution in [2.45, 2.75) is 59.0 Å². The predicted molar refractivity (Wildman–Crippen MR) is 167 cm³/mol. The third-order valence-corrected chi connectivity index (χ3v) is 6.46. The highest BCUT2D eigenvalue weighted by Crippen LogP contribution is 2.16. The van der Waals surface area contributed by atoms with Crippen molar-refractivity contribution in [2.24, 2.45) is 5.92 Å². The molecule has 2 aromatic carbocycles. The smallest absolute Gasteiger partial charge is 0.324 e. The molecular formula is C32H43N7O5. The molecule has 4 N–H and O–H groups in total. The molecule has 0 unspecified atom stereocenters. The van der Waals surface area contributed by atoms with E-state index in [4.69, 9.17) is 9.47 Å². The van der Waals surface area contributed by atoms with E-state index in [-0.39, 0.29) is 67.9 Å². The second-order valence-electron chi connectivity index (χ2n) is 10.4. The number of carbonyl (C=O) groups is 3. The van der Waals surface area contributed by atoms with Crippen LogP contribution in [0.2, 0.25) is 0 Å². The topological polar surface area (TPSA) is 156 Å².